The van der Waals surface area contributed by atoms with E-state index in [0.29, 0.717) is 0 Å². The molecule has 0 fully saturated rings. The molecule has 1 aromatic rings. The molecule has 0 spiro atoms. The Morgan fingerprint density at radius 1 is 1.50 bits per heavy atom. The van der Waals surface area contributed by atoms with E-state index >= 15 is 0 Å². The van der Waals surface area contributed by atoms with Crippen molar-refractivity contribution < 1.29 is 0 Å². The van der Waals surface area contributed by atoms with Crippen molar-refractivity contribution in [1.29, 1.82) is 5.41 Å². The van der Waals surface area contributed by atoms with Crippen LogP contribution >= 0.6 is 11.8 Å². The van der Waals surface area contributed by atoms with E-state index in [1.807, 2.05) is 6.26 Å². The van der Waals surface area contributed by atoms with E-state index in [2.05, 4.69) is 9.97 Å². The molecule has 0 bridgehead atoms. The van der Waals surface area contributed by atoms with E-state index in [-0.39, 0.29) is 0 Å². The van der Waals surface area contributed by atoms with Gasteiger partial charge in [0.05, 0.1) is 0 Å². The Balaban J connectivity index is 2.90. The molecule has 1 N–H and O–H groups in total. The van der Waals surface area contributed by atoms with Gasteiger partial charge in [-0.1, -0.05) is 11.8 Å². The van der Waals surface area contributed by atoms with Gasteiger partial charge in [0.25, 0.3) is 0 Å². The molecule has 0 aliphatic rings. The molecule has 1 heterocycles. The van der Waals surface area contributed by atoms with Crippen molar-refractivity contribution in [3.05, 3.63) is 18.0 Å². The van der Waals surface area contributed by atoms with Crippen LogP contribution in [-0.4, -0.2) is 22.4 Å². The zero-order chi connectivity index (χ0) is 7.40. The average Bonchev–Trinajstić information content (AvgIpc) is 2.05. The Bertz CT molecular complexity index is 219. The molecule has 1 rings (SSSR count). The summed E-state index contributed by atoms with van der Waals surface area (Å²) in [4.78, 5) is 7.94. The summed E-state index contributed by atoms with van der Waals surface area (Å²) in [5.74, 6) is 0. The summed E-state index contributed by atoms with van der Waals surface area (Å²) in [6.07, 6.45) is 6.40. The standard InChI is InChI=1S/C6H7N3S/c1-10-6-8-3-5(2-7)4-9-6/h2-4,7H,1H3. The summed E-state index contributed by atoms with van der Waals surface area (Å²) in [6.45, 7) is 0. The first-order valence-electron chi connectivity index (χ1n) is 2.73. The minimum atomic E-state index is 0.734. The highest BCUT2D eigenvalue weighted by Crippen LogP contribution is 2.05. The molecule has 0 radical (unpaired) electrons. The number of thioether (sulfide) groups is 1. The van der Waals surface area contributed by atoms with Crippen LogP contribution < -0.4 is 0 Å². The lowest BCUT2D eigenvalue weighted by molar-refractivity contribution is 0.967. The van der Waals surface area contributed by atoms with Crippen LogP contribution in [0.25, 0.3) is 0 Å². The first kappa shape index (κ1) is 7.21. The maximum absolute atomic E-state index is 6.86. The second kappa shape index (κ2) is 3.31. The predicted octanol–water partition coefficient (Wildman–Crippen LogP) is 1.20. The third-order valence-corrected chi connectivity index (χ3v) is 1.57. The molecule has 0 aliphatic heterocycles. The number of rotatable bonds is 2. The van der Waals surface area contributed by atoms with Gasteiger partial charge >= 0.3 is 0 Å². The molecule has 0 unspecified atom stereocenters. The van der Waals surface area contributed by atoms with Gasteiger partial charge in [-0.2, -0.15) is 0 Å². The average molecular weight is 153 g/mol. The van der Waals surface area contributed by atoms with E-state index in [1.54, 1.807) is 12.4 Å². The molecule has 0 atom stereocenters. The van der Waals surface area contributed by atoms with Gasteiger partial charge in [-0.3, -0.25) is 0 Å². The van der Waals surface area contributed by atoms with Crippen LogP contribution in [0.5, 0.6) is 0 Å². The monoisotopic (exact) mass is 153 g/mol. The minimum Gasteiger partial charge on any atom is -0.308 e. The molecule has 0 amide bonds. The summed E-state index contributed by atoms with van der Waals surface area (Å²) < 4.78 is 0. The van der Waals surface area contributed by atoms with Gasteiger partial charge in [0.1, 0.15) is 0 Å². The van der Waals surface area contributed by atoms with Gasteiger partial charge in [0.2, 0.25) is 0 Å². The first-order valence-corrected chi connectivity index (χ1v) is 3.96. The molecule has 0 aliphatic carbocycles. The van der Waals surface area contributed by atoms with Gasteiger partial charge in [-0.05, 0) is 6.26 Å². The lowest BCUT2D eigenvalue weighted by Gasteiger charge is -1.92. The van der Waals surface area contributed by atoms with Crippen LogP contribution in [0.1, 0.15) is 5.56 Å². The van der Waals surface area contributed by atoms with Gasteiger partial charge in [0, 0.05) is 24.2 Å². The second-order valence-corrected chi connectivity index (χ2v) is 2.42. The SMILES string of the molecule is CSc1ncc(C=N)cn1. The summed E-state index contributed by atoms with van der Waals surface area (Å²) in [5, 5.41) is 7.60. The van der Waals surface area contributed by atoms with Crippen molar-refractivity contribution in [3.63, 3.8) is 0 Å². The largest absolute Gasteiger partial charge is 0.308 e. The van der Waals surface area contributed by atoms with E-state index in [9.17, 15) is 0 Å². The number of aromatic nitrogens is 2. The molecule has 0 saturated carbocycles. The molecule has 3 nitrogen and oxygen atoms in total. The van der Waals surface area contributed by atoms with Crippen molar-refractivity contribution in [2.24, 2.45) is 0 Å². The van der Waals surface area contributed by atoms with Crippen LogP contribution in [-0.2, 0) is 0 Å². The molecule has 0 saturated heterocycles. The fourth-order valence-electron chi connectivity index (χ4n) is 0.506. The zero-order valence-corrected chi connectivity index (χ0v) is 6.35. The highest BCUT2D eigenvalue weighted by Gasteiger charge is 1.90. The van der Waals surface area contributed by atoms with Crippen molar-refractivity contribution in [1.82, 2.24) is 9.97 Å². The lowest BCUT2D eigenvalue weighted by atomic mass is 10.4. The molecular formula is C6H7N3S. The Kier molecular flexibility index (Phi) is 2.39. The van der Waals surface area contributed by atoms with Crippen molar-refractivity contribution in [2.75, 3.05) is 6.26 Å². The Labute approximate surface area is 63.4 Å². The van der Waals surface area contributed by atoms with Crippen molar-refractivity contribution >= 4 is 18.0 Å². The highest BCUT2D eigenvalue weighted by atomic mass is 32.2. The third kappa shape index (κ3) is 1.54. The van der Waals surface area contributed by atoms with Crippen LogP contribution in [0.3, 0.4) is 0 Å². The number of nitrogens with zero attached hydrogens (tertiary/aromatic N) is 2. The summed E-state index contributed by atoms with van der Waals surface area (Å²) in [5.41, 5.74) is 0.734. The van der Waals surface area contributed by atoms with Crippen LogP contribution in [0.4, 0.5) is 0 Å². The van der Waals surface area contributed by atoms with Gasteiger partial charge in [-0.25, -0.2) is 9.97 Å². The Morgan fingerprint density at radius 3 is 2.50 bits per heavy atom. The van der Waals surface area contributed by atoms with E-state index in [1.165, 1.54) is 18.0 Å². The third-order valence-electron chi connectivity index (χ3n) is 0.997. The van der Waals surface area contributed by atoms with Gasteiger partial charge in [0.15, 0.2) is 5.16 Å². The second-order valence-electron chi connectivity index (χ2n) is 1.65. The number of hydrogen-bond donors (Lipinski definition) is 1. The van der Waals surface area contributed by atoms with Gasteiger partial charge in [-0.15, -0.1) is 0 Å². The summed E-state index contributed by atoms with van der Waals surface area (Å²) in [6, 6.07) is 0. The maximum atomic E-state index is 6.86. The topological polar surface area (TPSA) is 49.6 Å². The predicted molar refractivity (Wildman–Crippen MR) is 41.7 cm³/mol. The van der Waals surface area contributed by atoms with E-state index in [4.69, 9.17) is 5.41 Å². The van der Waals surface area contributed by atoms with Crippen molar-refractivity contribution in [2.45, 2.75) is 5.16 Å². The highest BCUT2D eigenvalue weighted by molar-refractivity contribution is 7.98. The minimum absolute atomic E-state index is 0.734. The molecule has 10 heavy (non-hydrogen) atoms. The summed E-state index contributed by atoms with van der Waals surface area (Å²) in [7, 11) is 0. The maximum Gasteiger partial charge on any atom is 0.187 e. The lowest BCUT2D eigenvalue weighted by Crippen LogP contribution is -1.87. The van der Waals surface area contributed by atoms with Crippen LogP contribution in [0.2, 0.25) is 0 Å². The molecular weight excluding hydrogens is 146 g/mol. The van der Waals surface area contributed by atoms with Crippen LogP contribution in [0.15, 0.2) is 17.6 Å². The Morgan fingerprint density at radius 2 is 2.10 bits per heavy atom. The molecule has 52 valence electrons. The fourth-order valence-corrected chi connectivity index (χ4v) is 0.822. The normalized spacial score (nSPS) is 9.30. The van der Waals surface area contributed by atoms with Gasteiger partial charge < -0.3 is 5.41 Å². The molecule has 0 aromatic carbocycles. The Hall–Kier alpha value is -0.900. The summed E-state index contributed by atoms with van der Waals surface area (Å²) >= 11 is 1.49. The number of hydrogen-bond acceptors (Lipinski definition) is 4. The van der Waals surface area contributed by atoms with E-state index in [0.717, 1.165) is 10.7 Å². The smallest absolute Gasteiger partial charge is 0.187 e. The van der Waals surface area contributed by atoms with E-state index < -0.39 is 0 Å². The number of nitrogens with one attached hydrogen (secondary N) is 1. The quantitative estimate of drug-likeness (QED) is 0.394. The fraction of sp³-hybridized carbons (Fsp3) is 0.167. The van der Waals surface area contributed by atoms with Crippen LogP contribution in [0, 0.1) is 5.41 Å². The first-order chi connectivity index (χ1) is 4.86. The molecule has 4 heteroatoms. The zero-order valence-electron chi connectivity index (χ0n) is 5.53. The molecule has 1 aromatic heterocycles. The van der Waals surface area contributed by atoms with Crippen molar-refractivity contribution in [3.8, 4) is 0 Å².